The Labute approximate surface area is 201 Å². The zero-order valence-electron chi connectivity index (χ0n) is 21.4. The summed E-state index contributed by atoms with van der Waals surface area (Å²) in [4.78, 5) is 38.1. The SMILES string of the molecule is CCCCCCOC(=O)C1CC(C(=O)OCCCCCC)CC(C(=O)OCCCCCC)C1. The summed E-state index contributed by atoms with van der Waals surface area (Å²) in [5, 5.41) is 0. The largest absolute Gasteiger partial charge is 0.465 e. The highest BCUT2D eigenvalue weighted by molar-refractivity contribution is 5.80. The molecule has 0 radical (unpaired) electrons. The monoisotopic (exact) mass is 468 g/mol. The summed E-state index contributed by atoms with van der Waals surface area (Å²) in [7, 11) is 0. The van der Waals surface area contributed by atoms with Crippen LogP contribution >= 0.6 is 0 Å². The van der Waals surface area contributed by atoms with Crippen LogP contribution in [0, 0.1) is 17.8 Å². The van der Waals surface area contributed by atoms with Crippen LogP contribution in [-0.4, -0.2) is 37.7 Å². The van der Waals surface area contributed by atoms with Crippen LogP contribution in [0.3, 0.4) is 0 Å². The molecule has 1 rings (SSSR count). The second-order valence-corrected chi connectivity index (χ2v) is 9.48. The number of carbonyl (C=O) groups excluding carboxylic acids is 3. The maximum absolute atomic E-state index is 12.7. The van der Waals surface area contributed by atoms with E-state index in [0.29, 0.717) is 39.1 Å². The van der Waals surface area contributed by atoms with Crippen molar-refractivity contribution < 1.29 is 28.6 Å². The summed E-state index contributed by atoms with van der Waals surface area (Å²) in [6.45, 7) is 7.61. The molecule has 0 amide bonds. The first kappa shape index (κ1) is 29.4. The van der Waals surface area contributed by atoms with Gasteiger partial charge in [0.05, 0.1) is 37.6 Å². The average Bonchev–Trinajstić information content (AvgIpc) is 2.83. The van der Waals surface area contributed by atoms with Crippen molar-refractivity contribution in [2.45, 2.75) is 117 Å². The Morgan fingerprint density at radius 2 is 0.758 bits per heavy atom. The number of hydrogen-bond donors (Lipinski definition) is 0. The van der Waals surface area contributed by atoms with E-state index in [1.54, 1.807) is 0 Å². The number of rotatable bonds is 18. The first-order chi connectivity index (χ1) is 16.0. The van der Waals surface area contributed by atoms with Crippen molar-refractivity contribution in [2.75, 3.05) is 19.8 Å². The van der Waals surface area contributed by atoms with Crippen LogP contribution in [0.4, 0.5) is 0 Å². The van der Waals surface area contributed by atoms with Gasteiger partial charge in [-0.05, 0) is 38.5 Å². The number of carbonyl (C=O) groups is 3. The molecule has 1 saturated carbocycles. The van der Waals surface area contributed by atoms with Gasteiger partial charge < -0.3 is 14.2 Å². The average molecular weight is 469 g/mol. The van der Waals surface area contributed by atoms with Gasteiger partial charge in [0.15, 0.2) is 0 Å². The molecule has 33 heavy (non-hydrogen) atoms. The van der Waals surface area contributed by atoms with Gasteiger partial charge in [-0.1, -0.05) is 78.6 Å². The second kappa shape index (κ2) is 18.8. The zero-order chi connectivity index (χ0) is 24.3. The van der Waals surface area contributed by atoms with Crippen molar-refractivity contribution in [1.82, 2.24) is 0 Å². The molecule has 0 saturated heterocycles. The molecule has 0 heterocycles. The molecule has 0 bridgehead atoms. The molecule has 192 valence electrons. The molecule has 6 heteroatoms. The first-order valence-corrected chi connectivity index (χ1v) is 13.5. The zero-order valence-corrected chi connectivity index (χ0v) is 21.4. The number of unbranched alkanes of at least 4 members (excludes halogenated alkanes) is 9. The minimum Gasteiger partial charge on any atom is -0.465 e. The first-order valence-electron chi connectivity index (χ1n) is 13.5. The fourth-order valence-corrected chi connectivity index (χ4v) is 4.35. The highest BCUT2D eigenvalue weighted by Crippen LogP contribution is 2.36. The predicted octanol–water partition coefficient (Wildman–Crippen LogP) is 6.39. The van der Waals surface area contributed by atoms with E-state index in [0.717, 1.165) is 77.0 Å². The molecule has 0 unspecified atom stereocenters. The lowest BCUT2D eigenvalue weighted by atomic mass is 9.75. The van der Waals surface area contributed by atoms with Gasteiger partial charge in [-0.15, -0.1) is 0 Å². The molecule has 0 aromatic carbocycles. The number of ether oxygens (including phenoxy) is 3. The van der Waals surface area contributed by atoms with Crippen LogP contribution in [0.5, 0.6) is 0 Å². The van der Waals surface area contributed by atoms with Gasteiger partial charge in [-0.25, -0.2) is 0 Å². The highest BCUT2D eigenvalue weighted by Gasteiger charge is 2.41. The van der Waals surface area contributed by atoms with Crippen molar-refractivity contribution in [2.24, 2.45) is 17.8 Å². The summed E-state index contributed by atoms with van der Waals surface area (Å²) in [5.41, 5.74) is 0. The Kier molecular flexibility index (Phi) is 16.8. The molecule has 0 aliphatic heterocycles. The topological polar surface area (TPSA) is 78.9 Å². The van der Waals surface area contributed by atoms with Crippen LogP contribution in [0.2, 0.25) is 0 Å². The van der Waals surface area contributed by atoms with E-state index in [1.807, 2.05) is 0 Å². The Hall–Kier alpha value is -1.59. The second-order valence-electron chi connectivity index (χ2n) is 9.48. The van der Waals surface area contributed by atoms with Crippen molar-refractivity contribution in [1.29, 1.82) is 0 Å². The standard InChI is InChI=1S/C27H48O6/c1-4-7-10-13-16-31-25(28)22-19-23(26(29)32-17-14-11-8-5-2)21-24(20-22)27(30)33-18-15-12-9-6-3/h22-24H,4-21H2,1-3H3. The van der Waals surface area contributed by atoms with Gasteiger partial charge in [-0.2, -0.15) is 0 Å². The lowest BCUT2D eigenvalue weighted by molar-refractivity contribution is -0.161. The molecule has 0 aromatic rings. The Balaban J connectivity index is 2.62. The van der Waals surface area contributed by atoms with Crippen molar-refractivity contribution in [3.05, 3.63) is 0 Å². The third kappa shape index (κ3) is 13.0. The highest BCUT2D eigenvalue weighted by atomic mass is 16.5. The minimum atomic E-state index is -0.458. The molecular formula is C27H48O6. The van der Waals surface area contributed by atoms with E-state index >= 15 is 0 Å². The van der Waals surface area contributed by atoms with E-state index in [9.17, 15) is 14.4 Å². The molecule has 1 fully saturated rings. The third-order valence-corrected chi connectivity index (χ3v) is 6.43. The van der Waals surface area contributed by atoms with Gasteiger partial charge in [0.25, 0.3) is 0 Å². The number of esters is 3. The van der Waals surface area contributed by atoms with E-state index in [-0.39, 0.29) is 17.9 Å². The fourth-order valence-electron chi connectivity index (χ4n) is 4.35. The van der Waals surface area contributed by atoms with Crippen LogP contribution < -0.4 is 0 Å². The maximum atomic E-state index is 12.7. The minimum absolute atomic E-state index is 0.298. The summed E-state index contributed by atoms with van der Waals surface area (Å²) in [6, 6.07) is 0. The van der Waals surface area contributed by atoms with Gasteiger partial charge >= 0.3 is 17.9 Å². The van der Waals surface area contributed by atoms with Crippen molar-refractivity contribution >= 4 is 17.9 Å². The molecule has 1 aliphatic rings. The fraction of sp³-hybridized carbons (Fsp3) is 0.889. The van der Waals surface area contributed by atoms with Gasteiger partial charge in [0.1, 0.15) is 0 Å². The van der Waals surface area contributed by atoms with Crippen LogP contribution in [0.1, 0.15) is 117 Å². The molecule has 1 aliphatic carbocycles. The Morgan fingerprint density at radius 3 is 1.00 bits per heavy atom. The quantitative estimate of drug-likeness (QED) is 0.132. The smallest absolute Gasteiger partial charge is 0.308 e. The predicted molar refractivity (Wildman–Crippen MR) is 130 cm³/mol. The normalized spacial score (nSPS) is 20.3. The number of hydrogen-bond acceptors (Lipinski definition) is 6. The van der Waals surface area contributed by atoms with E-state index < -0.39 is 17.8 Å². The summed E-state index contributed by atoms with van der Waals surface area (Å²) >= 11 is 0. The van der Waals surface area contributed by atoms with E-state index in [2.05, 4.69) is 20.8 Å². The van der Waals surface area contributed by atoms with Crippen LogP contribution in [0.15, 0.2) is 0 Å². The van der Waals surface area contributed by atoms with Crippen LogP contribution in [-0.2, 0) is 28.6 Å². The van der Waals surface area contributed by atoms with Crippen molar-refractivity contribution in [3.8, 4) is 0 Å². The van der Waals surface area contributed by atoms with Crippen LogP contribution in [0.25, 0.3) is 0 Å². The summed E-state index contributed by atoms with van der Waals surface area (Å²) < 4.78 is 16.5. The molecule has 0 spiro atoms. The third-order valence-electron chi connectivity index (χ3n) is 6.43. The molecule has 6 nitrogen and oxygen atoms in total. The van der Waals surface area contributed by atoms with Crippen molar-refractivity contribution in [3.63, 3.8) is 0 Å². The maximum Gasteiger partial charge on any atom is 0.308 e. The lowest BCUT2D eigenvalue weighted by Crippen LogP contribution is -2.37. The Bertz CT molecular complexity index is 465. The molecular weight excluding hydrogens is 420 g/mol. The molecule has 0 aromatic heterocycles. The summed E-state index contributed by atoms with van der Waals surface area (Å²) in [5.74, 6) is -2.27. The van der Waals surface area contributed by atoms with E-state index in [4.69, 9.17) is 14.2 Å². The Morgan fingerprint density at radius 1 is 0.485 bits per heavy atom. The molecule has 0 N–H and O–H groups in total. The van der Waals surface area contributed by atoms with Gasteiger partial charge in [0, 0.05) is 0 Å². The van der Waals surface area contributed by atoms with E-state index in [1.165, 1.54) is 0 Å². The molecule has 0 atom stereocenters. The summed E-state index contributed by atoms with van der Waals surface area (Å²) in [6.07, 6.45) is 13.6. The van der Waals surface area contributed by atoms with Gasteiger partial charge in [0.2, 0.25) is 0 Å². The lowest BCUT2D eigenvalue weighted by Gasteiger charge is -2.31. The van der Waals surface area contributed by atoms with Gasteiger partial charge in [-0.3, -0.25) is 14.4 Å².